The van der Waals surface area contributed by atoms with Crippen LogP contribution in [-0.4, -0.2) is 7.05 Å². The predicted octanol–water partition coefficient (Wildman–Crippen LogP) is 4.59. The summed E-state index contributed by atoms with van der Waals surface area (Å²) in [7, 11) is 2.12. The van der Waals surface area contributed by atoms with E-state index in [1.54, 1.807) is 5.56 Å². The largest absolute Gasteiger partial charge is 0.313 e. The molecule has 0 aliphatic heterocycles. The molecule has 1 aliphatic rings. The van der Waals surface area contributed by atoms with Crippen molar-refractivity contribution in [2.75, 3.05) is 7.05 Å². The van der Waals surface area contributed by atoms with E-state index in [9.17, 15) is 0 Å². The molecule has 20 heavy (non-hydrogen) atoms. The molecule has 1 N–H and O–H groups in total. The van der Waals surface area contributed by atoms with Gasteiger partial charge in [-0.25, -0.2) is 0 Å². The number of fused-ring (bicyclic) bond motifs is 1. The van der Waals surface area contributed by atoms with Crippen LogP contribution in [0.5, 0.6) is 0 Å². The Morgan fingerprint density at radius 3 is 2.90 bits per heavy atom. The normalized spacial score (nSPS) is 22.2. The lowest BCUT2D eigenvalue weighted by atomic mass is 9.87. The third-order valence-corrected chi connectivity index (χ3v) is 5.47. The van der Waals surface area contributed by atoms with Crippen molar-refractivity contribution < 1.29 is 0 Å². The molecule has 1 aromatic heterocycles. The van der Waals surface area contributed by atoms with Crippen LogP contribution in [-0.2, 0) is 12.8 Å². The molecule has 3 rings (SSSR count). The topological polar surface area (TPSA) is 12.0 Å². The van der Waals surface area contributed by atoms with Gasteiger partial charge in [-0.1, -0.05) is 30.3 Å². The van der Waals surface area contributed by atoms with Crippen molar-refractivity contribution in [2.24, 2.45) is 5.92 Å². The third kappa shape index (κ3) is 2.97. The fraction of sp³-hybridized carbons (Fsp3) is 0.444. The summed E-state index contributed by atoms with van der Waals surface area (Å²) in [6, 6.07) is 13.9. The molecule has 1 nitrogen and oxygen atoms in total. The molecule has 1 heterocycles. The molecule has 0 saturated heterocycles. The molecule has 2 unspecified atom stereocenters. The Hall–Kier alpha value is -1.12. The maximum absolute atomic E-state index is 3.58. The highest BCUT2D eigenvalue weighted by molar-refractivity contribution is 7.09. The second-order valence-corrected chi connectivity index (χ2v) is 6.77. The molecule has 106 valence electrons. The summed E-state index contributed by atoms with van der Waals surface area (Å²) in [6.45, 7) is 0. The Kier molecular flexibility index (Phi) is 4.54. The number of thiophene rings is 1. The summed E-state index contributed by atoms with van der Waals surface area (Å²) < 4.78 is 0. The van der Waals surface area contributed by atoms with Crippen LogP contribution in [0.3, 0.4) is 0 Å². The van der Waals surface area contributed by atoms with E-state index in [2.05, 4.69) is 54.1 Å². The first-order valence-corrected chi connectivity index (χ1v) is 8.54. The SMILES string of the molecule is CNC1c2ccccc2CCCC1CCc1cccs1. The molecule has 0 bridgehead atoms. The fourth-order valence-corrected chi connectivity index (χ4v) is 4.25. The van der Waals surface area contributed by atoms with Crippen LogP contribution in [0, 0.1) is 5.92 Å². The monoisotopic (exact) mass is 285 g/mol. The molecular weight excluding hydrogens is 262 g/mol. The van der Waals surface area contributed by atoms with Crippen molar-refractivity contribution in [2.45, 2.75) is 38.1 Å². The molecule has 1 aromatic carbocycles. The van der Waals surface area contributed by atoms with Crippen LogP contribution in [0.4, 0.5) is 0 Å². The van der Waals surface area contributed by atoms with E-state index in [4.69, 9.17) is 0 Å². The highest BCUT2D eigenvalue weighted by atomic mass is 32.1. The minimum Gasteiger partial charge on any atom is -0.313 e. The molecule has 0 saturated carbocycles. The lowest BCUT2D eigenvalue weighted by Crippen LogP contribution is -2.25. The van der Waals surface area contributed by atoms with Crippen LogP contribution in [0.25, 0.3) is 0 Å². The number of hydrogen-bond acceptors (Lipinski definition) is 2. The smallest absolute Gasteiger partial charge is 0.0349 e. The van der Waals surface area contributed by atoms with Gasteiger partial charge >= 0.3 is 0 Å². The number of rotatable bonds is 4. The van der Waals surface area contributed by atoms with E-state index >= 15 is 0 Å². The summed E-state index contributed by atoms with van der Waals surface area (Å²) in [5.41, 5.74) is 3.08. The first kappa shape index (κ1) is 13.8. The minimum absolute atomic E-state index is 0.522. The van der Waals surface area contributed by atoms with Gasteiger partial charge in [-0.3, -0.25) is 0 Å². The molecule has 1 aliphatic carbocycles. The standard InChI is InChI=1S/C18H23NS/c1-19-18-15(11-12-16-9-5-13-20-16)8-4-7-14-6-2-3-10-17(14)18/h2-3,5-6,9-10,13,15,18-19H,4,7-8,11-12H2,1H3. The van der Waals surface area contributed by atoms with Crippen LogP contribution in [0.15, 0.2) is 41.8 Å². The molecule has 0 radical (unpaired) electrons. The van der Waals surface area contributed by atoms with Crippen molar-refractivity contribution in [3.8, 4) is 0 Å². The average molecular weight is 285 g/mol. The van der Waals surface area contributed by atoms with E-state index in [-0.39, 0.29) is 0 Å². The van der Waals surface area contributed by atoms with Gasteiger partial charge in [0.25, 0.3) is 0 Å². The van der Waals surface area contributed by atoms with Crippen molar-refractivity contribution in [3.05, 3.63) is 57.8 Å². The second kappa shape index (κ2) is 6.55. The summed E-state index contributed by atoms with van der Waals surface area (Å²) in [4.78, 5) is 1.53. The average Bonchev–Trinajstić information content (AvgIpc) is 2.93. The van der Waals surface area contributed by atoms with Crippen LogP contribution in [0.1, 0.15) is 41.3 Å². The Morgan fingerprint density at radius 1 is 1.20 bits per heavy atom. The zero-order valence-corrected chi connectivity index (χ0v) is 13.0. The maximum Gasteiger partial charge on any atom is 0.0349 e. The van der Waals surface area contributed by atoms with Gasteiger partial charge in [0.05, 0.1) is 0 Å². The van der Waals surface area contributed by atoms with Gasteiger partial charge in [-0.15, -0.1) is 11.3 Å². The second-order valence-electron chi connectivity index (χ2n) is 5.74. The van der Waals surface area contributed by atoms with E-state index in [1.807, 2.05) is 11.3 Å². The van der Waals surface area contributed by atoms with E-state index in [0.717, 1.165) is 5.92 Å². The number of nitrogens with one attached hydrogen (secondary N) is 1. The van der Waals surface area contributed by atoms with Crippen molar-refractivity contribution >= 4 is 11.3 Å². The minimum atomic E-state index is 0.522. The van der Waals surface area contributed by atoms with E-state index < -0.39 is 0 Å². The van der Waals surface area contributed by atoms with Crippen molar-refractivity contribution in [1.82, 2.24) is 5.32 Å². The molecule has 0 spiro atoms. The van der Waals surface area contributed by atoms with Crippen LogP contribution in [0.2, 0.25) is 0 Å². The van der Waals surface area contributed by atoms with Gasteiger partial charge in [0, 0.05) is 10.9 Å². The summed E-state index contributed by atoms with van der Waals surface area (Å²) >= 11 is 1.89. The molecule has 2 heteroatoms. The summed E-state index contributed by atoms with van der Waals surface area (Å²) in [5.74, 6) is 0.755. The summed E-state index contributed by atoms with van der Waals surface area (Å²) in [5, 5.41) is 5.77. The molecule has 0 fully saturated rings. The Bertz CT molecular complexity index is 532. The van der Waals surface area contributed by atoms with Gasteiger partial charge in [0.1, 0.15) is 0 Å². The van der Waals surface area contributed by atoms with Crippen LogP contribution >= 0.6 is 11.3 Å². The molecule has 2 atom stereocenters. The maximum atomic E-state index is 3.58. The molecular formula is C18H23NS. The Labute approximate surface area is 126 Å². The molecule has 0 amide bonds. The Balaban J connectivity index is 1.76. The van der Waals surface area contributed by atoms with E-state index in [0.29, 0.717) is 6.04 Å². The van der Waals surface area contributed by atoms with Gasteiger partial charge in [-0.05, 0) is 67.6 Å². The first-order valence-electron chi connectivity index (χ1n) is 7.66. The predicted molar refractivity (Wildman–Crippen MR) is 87.3 cm³/mol. The van der Waals surface area contributed by atoms with Gasteiger partial charge < -0.3 is 5.32 Å². The lowest BCUT2D eigenvalue weighted by Gasteiger charge is -2.26. The Morgan fingerprint density at radius 2 is 2.10 bits per heavy atom. The number of aryl methyl sites for hydroxylation is 2. The summed E-state index contributed by atoms with van der Waals surface area (Å²) in [6.07, 6.45) is 6.42. The van der Waals surface area contributed by atoms with Crippen molar-refractivity contribution in [1.29, 1.82) is 0 Å². The van der Waals surface area contributed by atoms with Gasteiger partial charge in [-0.2, -0.15) is 0 Å². The number of benzene rings is 1. The lowest BCUT2D eigenvalue weighted by molar-refractivity contribution is 0.340. The number of hydrogen-bond donors (Lipinski definition) is 1. The van der Waals surface area contributed by atoms with Gasteiger partial charge in [0.15, 0.2) is 0 Å². The zero-order chi connectivity index (χ0) is 13.8. The van der Waals surface area contributed by atoms with Gasteiger partial charge in [0.2, 0.25) is 0 Å². The molecule has 2 aromatic rings. The van der Waals surface area contributed by atoms with Crippen molar-refractivity contribution in [3.63, 3.8) is 0 Å². The highest BCUT2D eigenvalue weighted by Crippen LogP contribution is 2.35. The zero-order valence-electron chi connectivity index (χ0n) is 12.1. The van der Waals surface area contributed by atoms with Crippen LogP contribution < -0.4 is 5.32 Å². The quantitative estimate of drug-likeness (QED) is 0.810. The highest BCUT2D eigenvalue weighted by Gasteiger charge is 2.26. The first-order chi connectivity index (χ1) is 9.88. The van der Waals surface area contributed by atoms with E-state index in [1.165, 1.54) is 42.5 Å². The third-order valence-electron chi connectivity index (χ3n) is 4.54. The fourth-order valence-electron chi connectivity index (χ4n) is 3.53.